The standard InChI is InChI=1S/C22H20F2N4O5/c1-3-33-21(31)13-9-16(11-4-5-11)26-19-18(13)20(30)28(22(32)27(19)2)10-17(29)25-15-7-6-12(23)8-14(15)24/h6-9,11H,3-5,10H2,1-2H3,(H,25,29). The van der Waals surface area contributed by atoms with Crippen molar-refractivity contribution in [3.05, 3.63) is 68.0 Å². The molecule has 1 fully saturated rings. The predicted octanol–water partition coefficient (Wildman–Crippen LogP) is 2.07. The Morgan fingerprint density at radius 2 is 1.94 bits per heavy atom. The Kier molecular flexibility index (Phi) is 5.79. The summed E-state index contributed by atoms with van der Waals surface area (Å²) in [6, 6.07) is 4.05. The van der Waals surface area contributed by atoms with Gasteiger partial charge in [-0.1, -0.05) is 0 Å². The minimum absolute atomic E-state index is 0.0127. The number of hydrogen-bond acceptors (Lipinski definition) is 6. The summed E-state index contributed by atoms with van der Waals surface area (Å²) in [6.07, 6.45) is 1.76. The molecule has 9 nitrogen and oxygen atoms in total. The van der Waals surface area contributed by atoms with Crippen LogP contribution in [0.2, 0.25) is 0 Å². The van der Waals surface area contributed by atoms with E-state index in [1.165, 1.54) is 13.1 Å². The highest BCUT2D eigenvalue weighted by Gasteiger charge is 2.29. The van der Waals surface area contributed by atoms with Crippen molar-refractivity contribution in [2.24, 2.45) is 7.05 Å². The zero-order valence-corrected chi connectivity index (χ0v) is 17.9. The number of carbonyl (C=O) groups excluding carboxylic acids is 2. The third-order valence-corrected chi connectivity index (χ3v) is 5.31. The summed E-state index contributed by atoms with van der Waals surface area (Å²) in [5, 5.41) is 2.05. The number of nitrogens with one attached hydrogen (secondary N) is 1. The first-order chi connectivity index (χ1) is 15.7. The lowest BCUT2D eigenvalue weighted by atomic mass is 10.1. The smallest absolute Gasteiger partial charge is 0.339 e. The van der Waals surface area contributed by atoms with E-state index in [2.05, 4.69) is 10.3 Å². The van der Waals surface area contributed by atoms with Crippen molar-refractivity contribution in [2.45, 2.75) is 32.2 Å². The molecule has 1 amide bonds. The monoisotopic (exact) mass is 458 g/mol. The van der Waals surface area contributed by atoms with Gasteiger partial charge in [0.2, 0.25) is 5.91 Å². The Morgan fingerprint density at radius 1 is 1.21 bits per heavy atom. The fourth-order valence-electron chi connectivity index (χ4n) is 3.52. The highest BCUT2D eigenvalue weighted by Crippen LogP contribution is 2.39. The van der Waals surface area contributed by atoms with Gasteiger partial charge in [-0.15, -0.1) is 0 Å². The molecule has 2 aromatic heterocycles. The Labute approximate surface area is 185 Å². The molecule has 0 radical (unpaired) electrons. The largest absolute Gasteiger partial charge is 0.462 e. The number of fused-ring (bicyclic) bond motifs is 1. The SMILES string of the molecule is CCOC(=O)c1cc(C2CC2)nc2c1c(=O)n(CC(=O)Nc1ccc(F)cc1F)c(=O)n2C. The molecule has 4 rings (SSSR count). The van der Waals surface area contributed by atoms with Crippen LogP contribution in [0.15, 0.2) is 33.9 Å². The van der Waals surface area contributed by atoms with Crippen LogP contribution < -0.4 is 16.6 Å². The molecule has 0 saturated heterocycles. The summed E-state index contributed by atoms with van der Waals surface area (Å²) in [5.74, 6) is -3.33. The lowest BCUT2D eigenvalue weighted by Crippen LogP contribution is -2.42. The van der Waals surface area contributed by atoms with Gasteiger partial charge in [-0.25, -0.2) is 23.4 Å². The average molecular weight is 458 g/mol. The first-order valence-corrected chi connectivity index (χ1v) is 10.3. The Balaban J connectivity index is 1.80. The van der Waals surface area contributed by atoms with Gasteiger partial charge in [0.1, 0.15) is 23.8 Å². The van der Waals surface area contributed by atoms with Crippen LogP contribution in [-0.2, 0) is 23.1 Å². The fraction of sp³-hybridized carbons (Fsp3) is 0.318. The number of esters is 1. The first kappa shape index (κ1) is 22.3. The maximum absolute atomic E-state index is 13.9. The van der Waals surface area contributed by atoms with E-state index in [1.807, 2.05) is 0 Å². The van der Waals surface area contributed by atoms with Gasteiger partial charge in [0.25, 0.3) is 5.56 Å². The summed E-state index contributed by atoms with van der Waals surface area (Å²) < 4.78 is 33.7. The predicted molar refractivity (Wildman–Crippen MR) is 114 cm³/mol. The molecule has 33 heavy (non-hydrogen) atoms. The van der Waals surface area contributed by atoms with E-state index in [9.17, 15) is 28.0 Å². The number of carbonyl (C=O) groups is 2. The molecule has 0 atom stereocenters. The number of pyridine rings is 1. The molecule has 0 bridgehead atoms. The molecule has 1 aliphatic rings. The van der Waals surface area contributed by atoms with Crippen LogP contribution in [0.5, 0.6) is 0 Å². The number of ether oxygens (including phenoxy) is 1. The average Bonchev–Trinajstić information content (AvgIpc) is 3.62. The molecular formula is C22H20F2N4O5. The Hall–Kier alpha value is -3.89. The molecule has 1 aromatic carbocycles. The van der Waals surface area contributed by atoms with Crippen LogP contribution in [0.4, 0.5) is 14.5 Å². The number of aromatic nitrogens is 3. The molecule has 0 aliphatic heterocycles. The molecule has 11 heteroatoms. The van der Waals surface area contributed by atoms with Gasteiger partial charge in [0.15, 0.2) is 0 Å². The van der Waals surface area contributed by atoms with E-state index in [0.29, 0.717) is 16.3 Å². The van der Waals surface area contributed by atoms with Crippen LogP contribution >= 0.6 is 0 Å². The van der Waals surface area contributed by atoms with Gasteiger partial charge in [0.05, 0.1) is 23.2 Å². The van der Waals surface area contributed by atoms with E-state index < -0.39 is 41.3 Å². The second-order valence-corrected chi connectivity index (χ2v) is 7.69. The molecule has 1 saturated carbocycles. The van der Waals surface area contributed by atoms with E-state index in [0.717, 1.165) is 29.5 Å². The summed E-state index contributed by atoms with van der Waals surface area (Å²) in [6.45, 7) is 0.938. The lowest BCUT2D eigenvalue weighted by molar-refractivity contribution is -0.116. The van der Waals surface area contributed by atoms with Gasteiger partial charge >= 0.3 is 11.7 Å². The molecule has 172 valence electrons. The van der Waals surface area contributed by atoms with E-state index in [-0.39, 0.29) is 34.8 Å². The third-order valence-electron chi connectivity index (χ3n) is 5.31. The molecule has 1 aliphatic carbocycles. The van der Waals surface area contributed by atoms with Crippen molar-refractivity contribution in [1.82, 2.24) is 14.1 Å². The van der Waals surface area contributed by atoms with E-state index >= 15 is 0 Å². The Bertz CT molecular complexity index is 1410. The van der Waals surface area contributed by atoms with E-state index in [1.54, 1.807) is 6.92 Å². The number of benzene rings is 1. The van der Waals surface area contributed by atoms with Crippen LogP contribution in [0.1, 0.15) is 41.7 Å². The number of halogens is 2. The minimum atomic E-state index is -1.01. The topological polar surface area (TPSA) is 112 Å². The van der Waals surface area contributed by atoms with Crippen molar-refractivity contribution >= 4 is 28.6 Å². The van der Waals surface area contributed by atoms with Gasteiger partial charge in [-0.05, 0) is 38.0 Å². The van der Waals surface area contributed by atoms with Crippen molar-refractivity contribution in [3.8, 4) is 0 Å². The normalized spacial score (nSPS) is 13.2. The van der Waals surface area contributed by atoms with Crippen molar-refractivity contribution in [2.75, 3.05) is 11.9 Å². The van der Waals surface area contributed by atoms with Crippen LogP contribution in [0.3, 0.4) is 0 Å². The first-order valence-electron chi connectivity index (χ1n) is 10.3. The van der Waals surface area contributed by atoms with Crippen LogP contribution in [-0.4, -0.2) is 32.6 Å². The maximum atomic E-state index is 13.9. The summed E-state index contributed by atoms with van der Waals surface area (Å²) in [4.78, 5) is 55.6. The zero-order valence-electron chi connectivity index (χ0n) is 17.9. The molecule has 2 heterocycles. The highest BCUT2D eigenvalue weighted by atomic mass is 19.1. The number of aryl methyl sites for hydroxylation is 1. The molecular weight excluding hydrogens is 438 g/mol. The third kappa shape index (κ3) is 4.26. The van der Waals surface area contributed by atoms with E-state index in [4.69, 9.17) is 4.74 Å². The fourth-order valence-corrected chi connectivity index (χ4v) is 3.52. The number of nitrogens with zero attached hydrogens (tertiary/aromatic N) is 3. The van der Waals surface area contributed by atoms with Crippen molar-refractivity contribution in [3.63, 3.8) is 0 Å². The van der Waals surface area contributed by atoms with Gasteiger partial charge < -0.3 is 10.1 Å². The number of rotatable bonds is 6. The second-order valence-electron chi connectivity index (χ2n) is 7.69. The molecule has 0 unspecified atom stereocenters. The van der Waals surface area contributed by atoms with Crippen molar-refractivity contribution < 1.29 is 23.1 Å². The van der Waals surface area contributed by atoms with Crippen molar-refractivity contribution in [1.29, 1.82) is 0 Å². The summed E-state index contributed by atoms with van der Waals surface area (Å²) in [5.41, 5.74) is -1.49. The highest BCUT2D eigenvalue weighted by molar-refractivity contribution is 6.02. The van der Waals surface area contributed by atoms with Crippen LogP contribution in [0, 0.1) is 11.6 Å². The molecule has 3 aromatic rings. The maximum Gasteiger partial charge on any atom is 0.339 e. The molecule has 1 N–H and O–H groups in total. The van der Waals surface area contributed by atoms with Gasteiger partial charge in [-0.3, -0.25) is 18.7 Å². The lowest BCUT2D eigenvalue weighted by Gasteiger charge is -2.14. The van der Waals surface area contributed by atoms with Crippen LogP contribution in [0.25, 0.3) is 11.0 Å². The number of anilines is 1. The van der Waals surface area contributed by atoms with Gasteiger partial charge in [0, 0.05) is 24.7 Å². The Morgan fingerprint density at radius 3 is 2.58 bits per heavy atom. The quantitative estimate of drug-likeness (QED) is 0.566. The van der Waals surface area contributed by atoms with Gasteiger partial charge in [-0.2, -0.15) is 0 Å². The zero-order chi connectivity index (χ0) is 23.9. The summed E-state index contributed by atoms with van der Waals surface area (Å²) >= 11 is 0. The number of hydrogen-bond donors (Lipinski definition) is 1. The number of amides is 1. The minimum Gasteiger partial charge on any atom is -0.462 e. The second kappa shape index (κ2) is 8.57. The summed E-state index contributed by atoms with van der Waals surface area (Å²) in [7, 11) is 1.37. The molecule has 0 spiro atoms.